The van der Waals surface area contributed by atoms with Crippen molar-refractivity contribution in [1.29, 1.82) is 0 Å². The maximum Gasteiger partial charge on any atom is 0.236 e. The second-order valence-electron chi connectivity index (χ2n) is 9.18. The van der Waals surface area contributed by atoms with Crippen molar-refractivity contribution in [2.45, 2.75) is 64.6 Å². The van der Waals surface area contributed by atoms with E-state index in [2.05, 4.69) is 22.2 Å². The summed E-state index contributed by atoms with van der Waals surface area (Å²) in [6, 6.07) is 8.25. The van der Waals surface area contributed by atoms with E-state index in [1.807, 2.05) is 30.9 Å². The molecule has 7 heteroatoms. The standard InChI is InChI=1S/C25H35N3O4/c1-19-23(20(2)32-26-19)17-31-22-9-7-21(8-10-22)15-28-16-24(29)27(13-14-30-3)18-25(28)11-5-4-6-12-25/h7-10H,4-6,11-18H2,1-3H3. The van der Waals surface area contributed by atoms with E-state index in [4.69, 9.17) is 14.0 Å². The molecule has 7 nitrogen and oxygen atoms in total. The van der Waals surface area contributed by atoms with Crippen molar-refractivity contribution in [1.82, 2.24) is 15.0 Å². The first-order chi connectivity index (χ1) is 15.5. The number of benzene rings is 1. The van der Waals surface area contributed by atoms with Crippen LogP contribution >= 0.6 is 0 Å². The predicted molar refractivity (Wildman–Crippen MR) is 121 cm³/mol. The third kappa shape index (κ3) is 4.99. The van der Waals surface area contributed by atoms with Gasteiger partial charge >= 0.3 is 0 Å². The maximum atomic E-state index is 12.8. The Hall–Kier alpha value is -2.38. The Balaban J connectivity index is 1.42. The van der Waals surface area contributed by atoms with Crippen LogP contribution in [-0.4, -0.2) is 59.8 Å². The average molecular weight is 442 g/mol. The SMILES string of the molecule is COCCN1CC2(CCCCC2)N(Cc2ccc(OCc3c(C)noc3C)cc2)CC1=O. The van der Waals surface area contributed by atoms with Gasteiger partial charge in [0, 0.05) is 32.3 Å². The number of hydrogen-bond acceptors (Lipinski definition) is 6. The van der Waals surface area contributed by atoms with Gasteiger partial charge in [-0.1, -0.05) is 36.6 Å². The highest BCUT2D eigenvalue weighted by atomic mass is 16.5. The maximum absolute atomic E-state index is 12.8. The summed E-state index contributed by atoms with van der Waals surface area (Å²) in [7, 11) is 1.69. The number of hydrogen-bond donors (Lipinski definition) is 0. The van der Waals surface area contributed by atoms with Crippen LogP contribution in [0.25, 0.3) is 0 Å². The van der Waals surface area contributed by atoms with Gasteiger partial charge in [-0.05, 0) is 44.4 Å². The van der Waals surface area contributed by atoms with E-state index in [0.29, 0.717) is 26.3 Å². The highest BCUT2D eigenvalue weighted by Crippen LogP contribution is 2.38. The van der Waals surface area contributed by atoms with E-state index >= 15 is 0 Å². The molecule has 2 fully saturated rings. The summed E-state index contributed by atoms with van der Waals surface area (Å²) < 4.78 is 16.4. The van der Waals surface area contributed by atoms with E-state index in [0.717, 1.165) is 48.7 Å². The Morgan fingerprint density at radius 1 is 1.12 bits per heavy atom. The number of rotatable bonds is 8. The van der Waals surface area contributed by atoms with Gasteiger partial charge in [-0.15, -0.1) is 0 Å². The lowest BCUT2D eigenvalue weighted by Crippen LogP contribution is -2.64. The first-order valence-corrected chi connectivity index (χ1v) is 11.7. The number of methoxy groups -OCH3 is 1. The molecule has 0 radical (unpaired) electrons. The molecule has 2 aliphatic rings. The zero-order valence-electron chi connectivity index (χ0n) is 19.6. The Kier molecular flexibility index (Phi) is 7.16. The van der Waals surface area contributed by atoms with E-state index in [-0.39, 0.29) is 11.4 Å². The minimum Gasteiger partial charge on any atom is -0.489 e. The van der Waals surface area contributed by atoms with Crippen LogP contribution in [0, 0.1) is 13.8 Å². The van der Waals surface area contributed by atoms with Crippen molar-refractivity contribution in [2.24, 2.45) is 0 Å². The van der Waals surface area contributed by atoms with Crippen molar-refractivity contribution >= 4 is 5.91 Å². The monoisotopic (exact) mass is 441 g/mol. The molecule has 0 atom stereocenters. The van der Waals surface area contributed by atoms with Crippen molar-refractivity contribution in [3.05, 3.63) is 46.8 Å². The molecule has 4 rings (SSSR count). The van der Waals surface area contributed by atoms with Gasteiger partial charge in [0.05, 0.1) is 24.4 Å². The van der Waals surface area contributed by atoms with Gasteiger partial charge in [0.15, 0.2) is 0 Å². The molecule has 1 aliphatic heterocycles. The van der Waals surface area contributed by atoms with E-state index in [1.54, 1.807) is 7.11 Å². The number of ether oxygens (including phenoxy) is 2. The second kappa shape index (κ2) is 10.0. The van der Waals surface area contributed by atoms with Crippen LogP contribution in [0.1, 0.15) is 54.7 Å². The second-order valence-corrected chi connectivity index (χ2v) is 9.18. The third-order valence-electron chi connectivity index (χ3n) is 7.05. The number of amides is 1. The molecule has 1 aromatic heterocycles. The van der Waals surface area contributed by atoms with Gasteiger partial charge in [-0.3, -0.25) is 9.69 Å². The molecule has 1 saturated carbocycles. The van der Waals surface area contributed by atoms with E-state index < -0.39 is 0 Å². The highest BCUT2D eigenvalue weighted by molar-refractivity contribution is 5.79. The summed E-state index contributed by atoms with van der Waals surface area (Å²) in [5.41, 5.74) is 3.15. The van der Waals surface area contributed by atoms with E-state index in [1.165, 1.54) is 24.8 Å². The van der Waals surface area contributed by atoms with Crippen LogP contribution in [0.3, 0.4) is 0 Å². The van der Waals surface area contributed by atoms with E-state index in [9.17, 15) is 4.79 Å². The number of nitrogens with zero attached hydrogens (tertiary/aromatic N) is 3. The zero-order chi connectivity index (χ0) is 22.6. The van der Waals surface area contributed by atoms with Crippen molar-refractivity contribution in [2.75, 3.05) is 33.4 Å². The molecule has 1 saturated heterocycles. The first kappa shape index (κ1) is 22.8. The average Bonchev–Trinajstić information content (AvgIpc) is 3.12. The topological polar surface area (TPSA) is 68.0 Å². The first-order valence-electron chi connectivity index (χ1n) is 11.7. The van der Waals surface area contributed by atoms with Gasteiger partial charge in [0.25, 0.3) is 0 Å². The molecule has 2 heterocycles. The van der Waals surface area contributed by atoms with Gasteiger partial charge < -0.3 is 18.9 Å². The van der Waals surface area contributed by atoms with Crippen LogP contribution < -0.4 is 4.74 Å². The quantitative estimate of drug-likeness (QED) is 0.620. The summed E-state index contributed by atoms with van der Waals surface area (Å²) in [4.78, 5) is 17.3. The molecular weight excluding hydrogens is 406 g/mol. The molecule has 1 aliphatic carbocycles. The van der Waals surface area contributed by atoms with Crippen LogP contribution in [-0.2, 0) is 22.7 Å². The smallest absolute Gasteiger partial charge is 0.236 e. The molecule has 1 amide bonds. The molecule has 174 valence electrons. The summed E-state index contributed by atoms with van der Waals surface area (Å²) in [6.07, 6.45) is 6.07. The molecule has 0 unspecified atom stereocenters. The fourth-order valence-corrected chi connectivity index (χ4v) is 5.06. The van der Waals surface area contributed by atoms with Gasteiger partial charge in [-0.2, -0.15) is 0 Å². The van der Waals surface area contributed by atoms with Crippen LogP contribution in [0.5, 0.6) is 5.75 Å². The van der Waals surface area contributed by atoms with Crippen molar-refractivity contribution in [3.63, 3.8) is 0 Å². The molecule has 2 aromatic rings. The summed E-state index contributed by atoms with van der Waals surface area (Å²) in [5, 5.41) is 3.98. The fourth-order valence-electron chi connectivity index (χ4n) is 5.06. The van der Waals surface area contributed by atoms with Gasteiger partial charge in [0.1, 0.15) is 18.1 Å². The lowest BCUT2D eigenvalue weighted by molar-refractivity contribution is -0.147. The van der Waals surface area contributed by atoms with Crippen LogP contribution in [0.15, 0.2) is 28.8 Å². The highest BCUT2D eigenvalue weighted by Gasteiger charge is 2.44. The Morgan fingerprint density at radius 2 is 1.88 bits per heavy atom. The number of carbonyl (C=O) groups is 1. The Labute approximate surface area is 190 Å². The normalized spacial score (nSPS) is 19.0. The van der Waals surface area contributed by atoms with Crippen LogP contribution in [0.2, 0.25) is 0 Å². The van der Waals surface area contributed by atoms with Crippen molar-refractivity contribution in [3.8, 4) is 5.75 Å². The summed E-state index contributed by atoms with van der Waals surface area (Å²) in [5.74, 6) is 1.82. The predicted octanol–water partition coefficient (Wildman–Crippen LogP) is 3.86. The van der Waals surface area contributed by atoms with Crippen molar-refractivity contribution < 1.29 is 18.8 Å². The number of aromatic nitrogens is 1. The number of aryl methyl sites for hydroxylation is 2. The molecule has 1 spiro atoms. The largest absolute Gasteiger partial charge is 0.489 e. The summed E-state index contributed by atoms with van der Waals surface area (Å²) in [6.45, 7) is 7.63. The van der Waals surface area contributed by atoms with Crippen LogP contribution in [0.4, 0.5) is 0 Å². The lowest BCUT2D eigenvalue weighted by Gasteiger charge is -2.52. The minimum absolute atomic E-state index is 0.0818. The molecule has 0 N–H and O–H groups in total. The zero-order valence-corrected chi connectivity index (χ0v) is 19.6. The summed E-state index contributed by atoms with van der Waals surface area (Å²) >= 11 is 0. The van der Waals surface area contributed by atoms with Gasteiger partial charge in [0.2, 0.25) is 5.91 Å². The molecule has 0 bridgehead atoms. The molecule has 32 heavy (non-hydrogen) atoms. The minimum atomic E-state index is 0.0818. The molecular formula is C25H35N3O4. The Morgan fingerprint density at radius 3 is 2.53 bits per heavy atom. The Bertz CT molecular complexity index is 883. The van der Waals surface area contributed by atoms with Gasteiger partial charge in [-0.25, -0.2) is 0 Å². The third-order valence-corrected chi connectivity index (χ3v) is 7.05. The molecule has 1 aromatic carbocycles. The number of carbonyl (C=O) groups excluding carboxylic acids is 1. The fraction of sp³-hybridized carbons (Fsp3) is 0.600. The number of piperazine rings is 1. The lowest BCUT2D eigenvalue weighted by atomic mass is 9.78.